The van der Waals surface area contributed by atoms with Gasteiger partial charge in [0, 0.05) is 24.5 Å². The molecule has 2 unspecified atom stereocenters. The highest BCUT2D eigenvalue weighted by Crippen LogP contribution is 2.64. The summed E-state index contributed by atoms with van der Waals surface area (Å²) in [5.74, 6) is -2.26. The van der Waals surface area contributed by atoms with Gasteiger partial charge in [-0.3, -0.25) is 14.4 Å². The average molecular weight is 542 g/mol. The van der Waals surface area contributed by atoms with E-state index in [0.717, 1.165) is 10.8 Å². The van der Waals surface area contributed by atoms with Crippen molar-refractivity contribution in [1.29, 1.82) is 0 Å². The van der Waals surface area contributed by atoms with Crippen LogP contribution < -0.4 is 10.6 Å². The van der Waals surface area contributed by atoms with Crippen molar-refractivity contribution < 1.29 is 24.2 Å². The number of para-hydroxylation sites is 1. The number of nitrogens with zero attached hydrogens (tertiary/aromatic N) is 1. The summed E-state index contributed by atoms with van der Waals surface area (Å²) in [5, 5.41) is 17.5. The van der Waals surface area contributed by atoms with E-state index in [9.17, 15) is 19.5 Å². The van der Waals surface area contributed by atoms with Gasteiger partial charge in [0.25, 0.3) is 0 Å². The highest BCUT2D eigenvalue weighted by molar-refractivity contribution is 6.05. The molecule has 6 rings (SSSR count). The minimum absolute atomic E-state index is 0.00209. The molecule has 3 aromatic carbocycles. The van der Waals surface area contributed by atoms with E-state index in [1.54, 1.807) is 4.90 Å². The number of hydrogen-bond acceptors (Lipinski definition) is 5. The summed E-state index contributed by atoms with van der Waals surface area (Å²) in [4.78, 5) is 43.7. The number of anilines is 2. The van der Waals surface area contributed by atoms with Crippen molar-refractivity contribution in [1.82, 2.24) is 4.90 Å². The molecule has 40 heavy (non-hydrogen) atoms. The molecule has 3 aliphatic heterocycles. The lowest BCUT2D eigenvalue weighted by Crippen LogP contribution is -2.53. The van der Waals surface area contributed by atoms with Crippen LogP contribution in [0.1, 0.15) is 39.0 Å². The predicted molar refractivity (Wildman–Crippen MR) is 153 cm³/mol. The molecule has 0 aliphatic carbocycles. The number of aliphatic hydroxyl groups excluding tert-OH is 1. The number of aliphatic hydroxyl groups is 1. The zero-order valence-corrected chi connectivity index (χ0v) is 22.6. The van der Waals surface area contributed by atoms with Gasteiger partial charge in [-0.15, -0.1) is 0 Å². The van der Waals surface area contributed by atoms with Gasteiger partial charge < -0.3 is 25.4 Å². The quantitative estimate of drug-likeness (QED) is 0.349. The SMILES string of the molecule is CC[C@]12CCC3(O1)C(C(=O)Nc1ccc4ccccc4c1)N(CCCCO)C(=O)[C@@H]3[C@H]2C(=O)Nc1ccccc1. The Labute approximate surface area is 233 Å². The summed E-state index contributed by atoms with van der Waals surface area (Å²) in [6.07, 6.45) is 2.75. The molecular weight excluding hydrogens is 506 g/mol. The summed E-state index contributed by atoms with van der Waals surface area (Å²) >= 11 is 0. The summed E-state index contributed by atoms with van der Waals surface area (Å²) in [6.45, 7) is 2.29. The van der Waals surface area contributed by atoms with Crippen molar-refractivity contribution in [2.45, 2.75) is 56.3 Å². The summed E-state index contributed by atoms with van der Waals surface area (Å²) in [7, 11) is 0. The number of rotatable bonds is 9. The van der Waals surface area contributed by atoms with Gasteiger partial charge in [-0.1, -0.05) is 55.5 Å². The van der Waals surface area contributed by atoms with Gasteiger partial charge in [-0.05, 0) is 67.1 Å². The first-order chi connectivity index (χ1) is 19.4. The van der Waals surface area contributed by atoms with Crippen molar-refractivity contribution in [2.75, 3.05) is 23.8 Å². The maximum atomic E-state index is 14.2. The Balaban J connectivity index is 1.35. The molecular formula is C32H35N3O5. The van der Waals surface area contributed by atoms with Crippen LogP contribution in [0.4, 0.5) is 11.4 Å². The van der Waals surface area contributed by atoms with Crippen LogP contribution >= 0.6 is 0 Å². The van der Waals surface area contributed by atoms with Crippen LogP contribution in [0.5, 0.6) is 0 Å². The molecule has 2 bridgehead atoms. The molecule has 3 fully saturated rings. The largest absolute Gasteiger partial charge is 0.396 e. The third kappa shape index (κ3) is 4.17. The van der Waals surface area contributed by atoms with Crippen LogP contribution in [0.15, 0.2) is 72.8 Å². The third-order valence-electron chi connectivity index (χ3n) is 9.08. The number of amides is 3. The maximum Gasteiger partial charge on any atom is 0.250 e. The van der Waals surface area contributed by atoms with Crippen LogP contribution in [0.25, 0.3) is 10.8 Å². The smallest absolute Gasteiger partial charge is 0.250 e. The van der Waals surface area contributed by atoms with Crippen molar-refractivity contribution >= 4 is 39.9 Å². The van der Waals surface area contributed by atoms with Gasteiger partial charge in [0.1, 0.15) is 11.6 Å². The van der Waals surface area contributed by atoms with E-state index in [-0.39, 0.29) is 24.3 Å². The second-order valence-electron chi connectivity index (χ2n) is 11.2. The lowest BCUT2D eigenvalue weighted by molar-refractivity contribution is -0.144. The third-order valence-corrected chi connectivity index (χ3v) is 9.08. The fourth-order valence-corrected chi connectivity index (χ4v) is 7.27. The fraction of sp³-hybridized carbons (Fsp3) is 0.406. The normalized spacial score (nSPS) is 28.6. The predicted octanol–water partition coefficient (Wildman–Crippen LogP) is 4.34. The molecule has 3 aromatic rings. The maximum absolute atomic E-state index is 14.2. The fourth-order valence-electron chi connectivity index (χ4n) is 7.27. The topological polar surface area (TPSA) is 108 Å². The molecule has 3 N–H and O–H groups in total. The van der Waals surface area contributed by atoms with Gasteiger partial charge in [0.15, 0.2) is 0 Å². The molecule has 5 atom stereocenters. The molecule has 3 heterocycles. The molecule has 0 aromatic heterocycles. The van der Waals surface area contributed by atoms with Gasteiger partial charge in [-0.2, -0.15) is 0 Å². The van der Waals surface area contributed by atoms with Crippen molar-refractivity contribution in [2.24, 2.45) is 11.8 Å². The van der Waals surface area contributed by atoms with Crippen LogP contribution in [-0.2, 0) is 19.1 Å². The summed E-state index contributed by atoms with van der Waals surface area (Å²) < 4.78 is 6.81. The Morgan fingerprint density at radius 3 is 2.40 bits per heavy atom. The van der Waals surface area contributed by atoms with Crippen LogP contribution in [0.3, 0.4) is 0 Å². The van der Waals surface area contributed by atoms with Crippen molar-refractivity contribution in [3.05, 3.63) is 72.8 Å². The summed E-state index contributed by atoms with van der Waals surface area (Å²) in [6, 6.07) is 22.0. The van der Waals surface area contributed by atoms with E-state index < -0.39 is 29.1 Å². The van der Waals surface area contributed by atoms with Gasteiger partial charge >= 0.3 is 0 Å². The van der Waals surface area contributed by atoms with E-state index >= 15 is 0 Å². The highest BCUT2D eigenvalue weighted by Gasteiger charge is 2.78. The van der Waals surface area contributed by atoms with Crippen LogP contribution in [-0.4, -0.2) is 58.1 Å². The minimum Gasteiger partial charge on any atom is -0.396 e. The van der Waals surface area contributed by atoms with Gasteiger partial charge in [0.2, 0.25) is 17.7 Å². The molecule has 8 nitrogen and oxygen atoms in total. The lowest BCUT2D eigenvalue weighted by Gasteiger charge is -2.34. The number of fused-ring (bicyclic) bond motifs is 2. The van der Waals surface area contributed by atoms with E-state index in [4.69, 9.17) is 4.74 Å². The van der Waals surface area contributed by atoms with E-state index in [1.807, 2.05) is 79.7 Å². The Kier molecular flexibility index (Phi) is 6.84. The number of likely N-dealkylation sites (tertiary alicyclic amines) is 1. The van der Waals surface area contributed by atoms with Crippen LogP contribution in [0, 0.1) is 11.8 Å². The first-order valence-corrected chi connectivity index (χ1v) is 14.2. The number of hydrogen-bond donors (Lipinski definition) is 3. The van der Waals surface area contributed by atoms with Crippen LogP contribution in [0.2, 0.25) is 0 Å². The Morgan fingerprint density at radius 1 is 0.925 bits per heavy atom. The minimum atomic E-state index is -1.09. The second-order valence-corrected chi connectivity index (χ2v) is 11.2. The van der Waals surface area contributed by atoms with Gasteiger partial charge in [-0.25, -0.2) is 0 Å². The first kappa shape index (κ1) is 26.5. The molecule has 3 saturated heterocycles. The Bertz CT molecular complexity index is 1440. The second kappa shape index (κ2) is 10.3. The molecule has 208 valence electrons. The van der Waals surface area contributed by atoms with E-state index in [0.29, 0.717) is 50.0 Å². The van der Waals surface area contributed by atoms with Gasteiger partial charge in [0.05, 0.1) is 17.4 Å². The number of carbonyl (C=O) groups is 3. The number of nitrogens with one attached hydrogen (secondary N) is 2. The van der Waals surface area contributed by atoms with E-state index in [2.05, 4.69) is 10.6 Å². The Hall–Kier alpha value is -3.75. The zero-order chi connectivity index (χ0) is 27.9. The van der Waals surface area contributed by atoms with Crippen molar-refractivity contribution in [3.8, 4) is 0 Å². The Morgan fingerprint density at radius 2 is 1.65 bits per heavy atom. The zero-order valence-electron chi connectivity index (χ0n) is 22.6. The monoisotopic (exact) mass is 541 g/mol. The summed E-state index contributed by atoms with van der Waals surface area (Å²) in [5.41, 5.74) is -0.599. The standard InChI is InChI=1S/C32H35N3O5/c1-2-31-16-17-32(40-31)26(25(31)28(37)33-23-12-4-3-5-13-23)30(39)35(18-8-9-19-36)27(32)29(38)34-24-15-14-21-10-6-7-11-22(21)20-24/h3-7,10-15,20,25-27,36H,2,8-9,16-19H2,1H3,(H,33,37)(H,34,38)/t25-,26-,27?,31+,32?/m0/s1. The number of carbonyl (C=O) groups excluding carboxylic acids is 3. The molecule has 3 amide bonds. The molecule has 1 spiro atoms. The molecule has 0 saturated carbocycles. The van der Waals surface area contributed by atoms with E-state index in [1.165, 1.54) is 0 Å². The first-order valence-electron chi connectivity index (χ1n) is 14.2. The highest BCUT2D eigenvalue weighted by atomic mass is 16.5. The van der Waals surface area contributed by atoms with Crippen molar-refractivity contribution in [3.63, 3.8) is 0 Å². The molecule has 8 heteroatoms. The number of unbranched alkanes of at least 4 members (excludes halogenated alkanes) is 1. The molecule has 3 aliphatic rings. The number of benzene rings is 3. The number of ether oxygens (including phenoxy) is 1. The lowest BCUT2D eigenvalue weighted by atomic mass is 9.65. The molecule has 0 radical (unpaired) electrons. The average Bonchev–Trinajstić information content (AvgIpc) is 3.57.